The van der Waals surface area contributed by atoms with Gasteiger partial charge in [-0.1, -0.05) is 52.3 Å². The van der Waals surface area contributed by atoms with Gasteiger partial charge in [0.1, 0.15) is 41.0 Å². The Bertz CT molecular complexity index is 2950. The Morgan fingerprint density at radius 2 is 1.67 bits per heavy atom. The number of nitrogens with two attached hydrogens (primary N) is 1. The van der Waals surface area contributed by atoms with Crippen LogP contribution in [0.3, 0.4) is 0 Å². The van der Waals surface area contributed by atoms with E-state index in [0.29, 0.717) is 70.9 Å². The van der Waals surface area contributed by atoms with Crippen molar-refractivity contribution >= 4 is 79.3 Å². The molecule has 0 unspecified atom stereocenters. The number of thiocarbonyl (C=S) groups is 1. The SMILES string of the molecule is Nc1nc(C(F)(F)F)cc2c1[nH]c(=O)n2Cc1ccc(N(CCN2CCCCC2)C(=O)OCCSSCCNC(=S)Nc2ccc3c(c2)C(=O)OC32c3ccc(O)cc3Cc3cc(O)ccc32)nc1. The summed E-state index contributed by atoms with van der Waals surface area (Å²) in [6, 6.07) is 19.4. The minimum Gasteiger partial charge on any atom is -0.508 e. The Labute approximate surface area is 406 Å². The van der Waals surface area contributed by atoms with Crippen LogP contribution in [0.4, 0.5) is 35.3 Å². The Hall–Kier alpha value is -6.49. The molecule has 6 aromatic rings. The lowest BCUT2D eigenvalue weighted by Gasteiger charge is -2.37. The highest BCUT2D eigenvalue weighted by Crippen LogP contribution is 2.53. The van der Waals surface area contributed by atoms with Gasteiger partial charge in [-0.3, -0.25) is 9.47 Å². The molecule has 360 valence electrons. The molecule has 7 N–H and O–H groups in total. The summed E-state index contributed by atoms with van der Waals surface area (Å²) in [4.78, 5) is 54.0. The number of alkyl halides is 3. The van der Waals surface area contributed by atoms with Crippen molar-refractivity contribution in [3.05, 3.63) is 134 Å². The van der Waals surface area contributed by atoms with Crippen molar-refractivity contribution in [2.45, 2.75) is 44.0 Å². The van der Waals surface area contributed by atoms with E-state index in [1.54, 1.807) is 65.4 Å². The number of nitrogens with zero attached hydrogens (tertiary/aromatic N) is 5. The molecule has 2 aliphatic heterocycles. The van der Waals surface area contributed by atoms with Gasteiger partial charge in [0.25, 0.3) is 0 Å². The zero-order valence-corrected chi connectivity index (χ0v) is 39.3. The zero-order chi connectivity index (χ0) is 48.5. The fourth-order valence-corrected chi connectivity index (χ4v) is 11.0. The zero-order valence-electron chi connectivity index (χ0n) is 36.8. The summed E-state index contributed by atoms with van der Waals surface area (Å²) in [5.41, 5.74) is 7.74. The molecule has 9 rings (SSSR count). The van der Waals surface area contributed by atoms with E-state index in [-0.39, 0.29) is 35.7 Å². The first-order valence-corrected chi connectivity index (χ1v) is 25.0. The number of fused-ring (bicyclic) bond motifs is 7. The highest BCUT2D eigenvalue weighted by atomic mass is 33.1. The Morgan fingerprint density at radius 3 is 2.36 bits per heavy atom. The monoisotopic (exact) mass is 1000 g/mol. The van der Waals surface area contributed by atoms with Crippen LogP contribution >= 0.6 is 33.8 Å². The molecule has 0 radical (unpaired) electrons. The number of aromatic nitrogens is 4. The number of H-pyrrole nitrogens is 1. The van der Waals surface area contributed by atoms with Gasteiger partial charge < -0.3 is 45.9 Å². The van der Waals surface area contributed by atoms with Gasteiger partial charge in [0.2, 0.25) is 0 Å². The number of aromatic hydroxyl groups is 2. The highest BCUT2D eigenvalue weighted by molar-refractivity contribution is 8.76. The maximum Gasteiger partial charge on any atom is 0.433 e. The quantitative estimate of drug-likeness (QED) is 0.0273. The lowest BCUT2D eigenvalue weighted by molar-refractivity contribution is -0.141. The van der Waals surface area contributed by atoms with E-state index < -0.39 is 41.0 Å². The molecular weight excluding hydrogens is 956 g/mol. The number of rotatable bonds is 14. The summed E-state index contributed by atoms with van der Waals surface area (Å²) in [7, 11) is 3.10. The number of halogens is 3. The normalized spacial score (nSPS) is 15.0. The molecule has 3 aromatic carbocycles. The van der Waals surface area contributed by atoms with E-state index in [1.807, 2.05) is 12.1 Å². The molecule has 16 nitrogen and oxygen atoms in total. The lowest BCUT2D eigenvalue weighted by Crippen LogP contribution is -2.41. The van der Waals surface area contributed by atoms with Crippen LogP contribution in [0.15, 0.2) is 83.8 Å². The number of ether oxygens (including phenoxy) is 2. The first-order chi connectivity index (χ1) is 33.2. The van der Waals surface area contributed by atoms with Crippen molar-refractivity contribution in [1.29, 1.82) is 0 Å². The maximum atomic E-state index is 13.5. The molecule has 69 heavy (non-hydrogen) atoms. The van der Waals surface area contributed by atoms with Crippen LogP contribution in [0, 0.1) is 0 Å². The van der Waals surface area contributed by atoms with Crippen LogP contribution in [0.2, 0.25) is 0 Å². The number of esters is 1. The number of anilines is 3. The van der Waals surface area contributed by atoms with Crippen molar-refractivity contribution in [3.8, 4) is 11.5 Å². The van der Waals surface area contributed by atoms with Gasteiger partial charge in [0.05, 0.1) is 17.6 Å². The van der Waals surface area contributed by atoms with Crippen LogP contribution in [0.25, 0.3) is 11.0 Å². The van der Waals surface area contributed by atoms with Gasteiger partial charge in [0.15, 0.2) is 10.7 Å². The molecule has 1 fully saturated rings. The second kappa shape index (κ2) is 19.9. The number of carbonyl (C=O) groups excluding carboxylic acids is 2. The summed E-state index contributed by atoms with van der Waals surface area (Å²) >= 11 is 5.56. The number of piperidine rings is 1. The number of phenols is 2. The van der Waals surface area contributed by atoms with E-state index >= 15 is 0 Å². The van der Waals surface area contributed by atoms with E-state index in [1.165, 1.54) is 21.9 Å². The molecule has 1 spiro atoms. The number of hydrogen-bond donors (Lipinski definition) is 6. The van der Waals surface area contributed by atoms with Gasteiger partial charge in [-0.15, -0.1) is 0 Å². The number of imidazole rings is 1. The fraction of sp³-hybridized carbons (Fsp3) is 0.319. The molecule has 1 saturated heterocycles. The second-order valence-electron chi connectivity index (χ2n) is 16.7. The van der Waals surface area contributed by atoms with Crippen molar-refractivity contribution < 1.29 is 42.4 Å². The van der Waals surface area contributed by atoms with E-state index in [4.69, 9.17) is 27.4 Å². The topological polar surface area (TPSA) is 213 Å². The molecule has 0 bridgehead atoms. The summed E-state index contributed by atoms with van der Waals surface area (Å²) in [5, 5.41) is 27.2. The average molecular weight is 1000 g/mol. The van der Waals surface area contributed by atoms with Crippen LogP contribution < -0.4 is 27.0 Å². The predicted octanol–water partition coefficient (Wildman–Crippen LogP) is 7.34. The van der Waals surface area contributed by atoms with Crippen molar-refractivity contribution in [1.82, 2.24) is 29.7 Å². The fourth-order valence-electron chi connectivity index (χ4n) is 9.03. The standard InChI is InChI=1S/C47H46F3N9O7S3/c48-47(49,50)38-24-37-40(41(51)55-38)56-44(63)59(37)26-27-4-11-39(53-25-27)58(16-15-57-13-2-1-3-14-57)45(64)65-17-19-69-68-18-12-52-43(67)54-30-5-8-36-33(23-30)42(62)66-46(36)34-9-6-31(60)21-28(34)20-29-22-32(61)7-10-35(29)46/h4-11,21-25,60-61H,1-3,12-20,26H2,(H2,51,55)(H,56,63)(H2,52,54,67). The van der Waals surface area contributed by atoms with E-state index in [9.17, 15) is 37.8 Å². The molecule has 5 heterocycles. The molecule has 1 amide bonds. The lowest BCUT2D eigenvalue weighted by atomic mass is 9.71. The summed E-state index contributed by atoms with van der Waals surface area (Å²) in [6.07, 6.45) is -0.116. The molecule has 0 atom stereocenters. The average Bonchev–Trinajstić information content (AvgIpc) is 3.79. The van der Waals surface area contributed by atoms with Gasteiger partial charge >= 0.3 is 23.9 Å². The number of hydrogen-bond acceptors (Lipinski definition) is 14. The van der Waals surface area contributed by atoms with E-state index in [2.05, 4.69) is 30.5 Å². The molecule has 0 saturated carbocycles. The van der Waals surface area contributed by atoms with Gasteiger partial charge in [-0.05, 0) is 110 Å². The van der Waals surface area contributed by atoms with Gasteiger partial charge in [0, 0.05) is 59.7 Å². The number of nitrogens with one attached hydrogen (secondary N) is 3. The number of carbonyl (C=O) groups is 2. The van der Waals surface area contributed by atoms with Crippen molar-refractivity contribution in [3.63, 3.8) is 0 Å². The number of pyridine rings is 2. The van der Waals surface area contributed by atoms with Crippen molar-refractivity contribution in [2.24, 2.45) is 0 Å². The van der Waals surface area contributed by atoms with Gasteiger partial charge in [-0.2, -0.15) is 13.2 Å². The Morgan fingerprint density at radius 1 is 0.957 bits per heavy atom. The number of nitrogen functional groups attached to an aromatic ring is 1. The van der Waals surface area contributed by atoms with Crippen molar-refractivity contribution in [2.75, 3.05) is 66.8 Å². The largest absolute Gasteiger partial charge is 0.508 e. The third kappa shape index (κ3) is 10.0. The summed E-state index contributed by atoms with van der Waals surface area (Å²) < 4.78 is 53.6. The molecule has 3 aromatic heterocycles. The minimum absolute atomic E-state index is 0.000624. The predicted molar refractivity (Wildman–Crippen MR) is 262 cm³/mol. The Kier molecular flexibility index (Phi) is 13.7. The molecular formula is C47H46F3N9O7S3. The third-order valence-electron chi connectivity index (χ3n) is 12.2. The smallest absolute Gasteiger partial charge is 0.433 e. The number of aromatic amines is 1. The first kappa shape index (κ1) is 47.6. The second-order valence-corrected chi connectivity index (χ2v) is 19.8. The van der Waals surface area contributed by atoms with Crippen LogP contribution in [-0.4, -0.2) is 103 Å². The molecule has 3 aliphatic rings. The van der Waals surface area contributed by atoms with E-state index in [0.717, 1.165) is 65.2 Å². The number of likely N-dealkylation sites (tertiary alicyclic amines) is 1. The minimum atomic E-state index is -4.76. The Balaban J connectivity index is 0.760. The number of benzene rings is 3. The van der Waals surface area contributed by atoms with Crippen LogP contribution in [0.1, 0.15) is 68.7 Å². The molecule has 1 aliphatic carbocycles. The van der Waals surface area contributed by atoms with Crippen LogP contribution in [0.5, 0.6) is 11.5 Å². The highest BCUT2D eigenvalue weighted by Gasteiger charge is 2.52. The maximum absolute atomic E-state index is 13.5. The number of phenolic OH excluding ortho intramolecular Hbond substituents is 2. The summed E-state index contributed by atoms with van der Waals surface area (Å²) in [6.45, 7) is 3.32. The number of amides is 1. The third-order valence-corrected chi connectivity index (χ3v) is 14.8. The van der Waals surface area contributed by atoms with Crippen LogP contribution in [-0.2, 0) is 34.2 Å². The first-order valence-electron chi connectivity index (χ1n) is 22.1. The van der Waals surface area contributed by atoms with Gasteiger partial charge in [-0.25, -0.2) is 24.4 Å². The summed E-state index contributed by atoms with van der Waals surface area (Å²) in [5.74, 6) is 0.720. The molecule has 22 heteroatoms.